The normalized spacial score (nSPS) is 43.5. The van der Waals surface area contributed by atoms with Gasteiger partial charge in [-0.05, 0) is 24.3 Å². The summed E-state index contributed by atoms with van der Waals surface area (Å²) in [5.74, 6) is 0. The molecule has 0 aromatic carbocycles. The molecule has 2 aliphatic heterocycles. The quantitative estimate of drug-likeness (QED) is 0.439. The first-order valence-electron chi connectivity index (χ1n) is 7.67. The number of hydrogen-bond donors (Lipinski definition) is 0. The van der Waals surface area contributed by atoms with E-state index in [1.165, 1.54) is 38.5 Å². The first-order chi connectivity index (χ1) is 8.84. The Bertz CT molecular complexity index is 286. The minimum atomic E-state index is 0.341. The second-order valence-electron chi connectivity index (χ2n) is 6.05. The van der Waals surface area contributed by atoms with Gasteiger partial charge in [0.1, 0.15) is 19.2 Å². The van der Waals surface area contributed by atoms with Gasteiger partial charge in [-0.3, -0.25) is 0 Å². The van der Waals surface area contributed by atoms with Crippen molar-refractivity contribution in [3.05, 3.63) is 0 Å². The number of fused-ring (bicyclic) bond motifs is 2. The zero-order chi connectivity index (χ0) is 12.4. The SMILES string of the molecule is CCCCO[C@@H]1CC[N+]2(C1)OO[C@H]1CCCC[C@@H]12. The molecule has 18 heavy (non-hydrogen) atoms. The van der Waals surface area contributed by atoms with Gasteiger partial charge in [-0.15, -0.1) is 4.65 Å². The molecule has 3 rings (SSSR count). The van der Waals surface area contributed by atoms with E-state index in [-0.39, 0.29) is 0 Å². The molecule has 4 nitrogen and oxygen atoms in total. The van der Waals surface area contributed by atoms with Crippen molar-refractivity contribution in [2.45, 2.75) is 70.1 Å². The van der Waals surface area contributed by atoms with Crippen LogP contribution in [-0.4, -0.2) is 42.6 Å². The summed E-state index contributed by atoms with van der Waals surface area (Å²) in [6.07, 6.45) is 9.26. The second kappa shape index (κ2) is 5.45. The first-order valence-corrected chi connectivity index (χ1v) is 7.67. The third-order valence-corrected chi connectivity index (χ3v) is 4.78. The van der Waals surface area contributed by atoms with Gasteiger partial charge in [-0.1, -0.05) is 19.8 Å². The van der Waals surface area contributed by atoms with Crippen LogP contribution in [0.2, 0.25) is 0 Å². The number of unbranched alkanes of at least 4 members (excludes halogenated alkanes) is 1. The second-order valence-corrected chi connectivity index (χ2v) is 6.05. The van der Waals surface area contributed by atoms with Gasteiger partial charge in [0.05, 0.1) is 0 Å². The molecule has 4 heteroatoms. The lowest BCUT2D eigenvalue weighted by Crippen LogP contribution is -2.52. The number of quaternary nitrogens is 1. The maximum atomic E-state index is 5.96. The van der Waals surface area contributed by atoms with E-state index in [2.05, 4.69) is 6.92 Å². The van der Waals surface area contributed by atoms with Crippen molar-refractivity contribution < 1.29 is 19.3 Å². The molecule has 1 unspecified atom stereocenters. The molecule has 1 saturated carbocycles. The standard InChI is InChI=1S/C14H26NO3/c1-2-3-10-16-12-8-9-15(11-12)13-6-4-5-7-14(13)17-18-15/h12-14H,2-11H2,1H3/q+1/t12-,13+,14+,15?/m1/s1. The van der Waals surface area contributed by atoms with Crippen LogP contribution in [0.1, 0.15) is 51.9 Å². The van der Waals surface area contributed by atoms with Gasteiger partial charge in [0.25, 0.3) is 0 Å². The van der Waals surface area contributed by atoms with Crippen molar-refractivity contribution in [1.29, 1.82) is 0 Å². The zero-order valence-corrected chi connectivity index (χ0v) is 11.5. The van der Waals surface area contributed by atoms with Crippen LogP contribution in [0.15, 0.2) is 0 Å². The van der Waals surface area contributed by atoms with E-state index in [1.54, 1.807) is 0 Å². The Balaban J connectivity index is 1.56. The van der Waals surface area contributed by atoms with E-state index in [0.29, 0.717) is 18.2 Å². The molecule has 0 amide bonds. The maximum Gasteiger partial charge on any atom is 0.153 e. The Morgan fingerprint density at radius 2 is 2.11 bits per heavy atom. The molecule has 0 aromatic rings. The molecule has 104 valence electrons. The van der Waals surface area contributed by atoms with Crippen molar-refractivity contribution in [1.82, 2.24) is 0 Å². The molecule has 1 aliphatic carbocycles. The highest BCUT2D eigenvalue weighted by Crippen LogP contribution is 2.40. The molecule has 4 atom stereocenters. The van der Waals surface area contributed by atoms with Crippen molar-refractivity contribution in [2.75, 3.05) is 19.7 Å². The van der Waals surface area contributed by atoms with Crippen molar-refractivity contribution in [2.24, 2.45) is 0 Å². The van der Waals surface area contributed by atoms with Crippen LogP contribution in [0.5, 0.6) is 0 Å². The molecule has 0 bridgehead atoms. The molecular weight excluding hydrogens is 230 g/mol. The Hall–Kier alpha value is -0.160. The van der Waals surface area contributed by atoms with Gasteiger partial charge >= 0.3 is 0 Å². The number of rotatable bonds is 4. The number of hydrogen-bond acceptors (Lipinski definition) is 3. The lowest BCUT2D eigenvalue weighted by molar-refractivity contribution is -1.13. The van der Waals surface area contributed by atoms with E-state index < -0.39 is 0 Å². The summed E-state index contributed by atoms with van der Waals surface area (Å²) >= 11 is 0. The summed E-state index contributed by atoms with van der Waals surface area (Å²) in [6, 6.07) is 0.568. The number of nitrogens with zero attached hydrogens (tertiary/aromatic N) is 1. The lowest BCUT2D eigenvalue weighted by Gasteiger charge is -2.31. The summed E-state index contributed by atoms with van der Waals surface area (Å²) in [5.41, 5.74) is 0. The molecule has 1 spiro atoms. The van der Waals surface area contributed by atoms with Crippen LogP contribution in [0.25, 0.3) is 0 Å². The Labute approximate surface area is 110 Å². The number of hydroxylamine groups is 3. The van der Waals surface area contributed by atoms with E-state index in [9.17, 15) is 0 Å². The molecule has 2 heterocycles. The third kappa shape index (κ3) is 2.31. The van der Waals surface area contributed by atoms with Crippen LogP contribution < -0.4 is 0 Å². The molecular formula is C14H26NO3+. The van der Waals surface area contributed by atoms with Gasteiger partial charge in [-0.2, -0.15) is 4.89 Å². The average Bonchev–Trinajstić information content (AvgIpc) is 2.97. The van der Waals surface area contributed by atoms with Crippen LogP contribution in [0.4, 0.5) is 0 Å². The molecule has 3 fully saturated rings. The lowest BCUT2D eigenvalue weighted by atomic mass is 9.91. The molecule has 0 N–H and O–H groups in total. The summed E-state index contributed by atoms with van der Waals surface area (Å²) in [6.45, 7) is 5.16. The van der Waals surface area contributed by atoms with Crippen molar-refractivity contribution in [3.63, 3.8) is 0 Å². The Morgan fingerprint density at radius 1 is 1.22 bits per heavy atom. The van der Waals surface area contributed by atoms with Crippen molar-refractivity contribution in [3.8, 4) is 0 Å². The fourth-order valence-electron chi connectivity index (χ4n) is 3.71. The highest BCUT2D eigenvalue weighted by Gasteiger charge is 2.57. The predicted octanol–water partition coefficient (Wildman–Crippen LogP) is 2.58. The van der Waals surface area contributed by atoms with Gasteiger partial charge in [0.15, 0.2) is 12.1 Å². The minimum Gasteiger partial charge on any atom is -0.372 e. The van der Waals surface area contributed by atoms with E-state index in [0.717, 1.165) is 30.8 Å². The van der Waals surface area contributed by atoms with Crippen LogP contribution in [0.3, 0.4) is 0 Å². The van der Waals surface area contributed by atoms with Gasteiger partial charge < -0.3 is 4.74 Å². The fourth-order valence-corrected chi connectivity index (χ4v) is 3.71. The first kappa shape index (κ1) is 12.9. The minimum absolute atomic E-state index is 0.341. The number of ether oxygens (including phenoxy) is 1. The van der Waals surface area contributed by atoms with E-state index in [1.807, 2.05) is 0 Å². The summed E-state index contributed by atoms with van der Waals surface area (Å²) in [7, 11) is 0. The molecule has 0 radical (unpaired) electrons. The molecule has 0 aromatic heterocycles. The highest BCUT2D eigenvalue weighted by atomic mass is 17.3. The monoisotopic (exact) mass is 256 g/mol. The highest BCUT2D eigenvalue weighted by molar-refractivity contribution is 4.80. The van der Waals surface area contributed by atoms with Gasteiger partial charge in [0.2, 0.25) is 0 Å². The van der Waals surface area contributed by atoms with Crippen LogP contribution in [-0.2, 0) is 14.6 Å². The zero-order valence-electron chi connectivity index (χ0n) is 11.5. The van der Waals surface area contributed by atoms with Gasteiger partial charge in [0, 0.05) is 19.4 Å². The largest absolute Gasteiger partial charge is 0.372 e. The third-order valence-electron chi connectivity index (χ3n) is 4.78. The van der Waals surface area contributed by atoms with Crippen molar-refractivity contribution >= 4 is 0 Å². The maximum absolute atomic E-state index is 5.96. The van der Waals surface area contributed by atoms with E-state index in [4.69, 9.17) is 14.6 Å². The predicted molar refractivity (Wildman–Crippen MR) is 67.5 cm³/mol. The molecule has 3 aliphatic rings. The van der Waals surface area contributed by atoms with Crippen LogP contribution >= 0.6 is 0 Å². The Morgan fingerprint density at radius 3 is 3.00 bits per heavy atom. The Kier molecular flexibility index (Phi) is 3.89. The molecule has 2 saturated heterocycles. The average molecular weight is 256 g/mol. The fraction of sp³-hybridized carbons (Fsp3) is 1.00. The summed E-state index contributed by atoms with van der Waals surface area (Å²) in [5, 5.41) is 0. The smallest absolute Gasteiger partial charge is 0.153 e. The van der Waals surface area contributed by atoms with E-state index >= 15 is 0 Å². The summed E-state index contributed by atoms with van der Waals surface area (Å²) in [4.78, 5) is 11.3. The summed E-state index contributed by atoms with van der Waals surface area (Å²) < 4.78 is 6.68. The van der Waals surface area contributed by atoms with Gasteiger partial charge in [-0.25, -0.2) is 0 Å². The topological polar surface area (TPSA) is 27.7 Å². The van der Waals surface area contributed by atoms with Crippen LogP contribution in [0, 0.1) is 0 Å².